The molecule has 0 amide bonds. The van der Waals surface area contributed by atoms with E-state index in [0.717, 1.165) is 24.2 Å². The van der Waals surface area contributed by atoms with Crippen LogP contribution < -0.4 is 0 Å². The van der Waals surface area contributed by atoms with E-state index in [4.69, 9.17) is 0 Å². The van der Waals surface area contributed by atoms with Gasteiger partial charge in [0.1, 0.15) is 0 Å². The maximum Gasteiger partial charge on any atom is -0.0391 e. The van der Waals surface area contributed by atoms with Crippen molar-refractivity contribution in [1.29, 1.82) is 0 Å². The van der Waals surface area contributed by atoms with Gasteiger partial charge in [-0.2, -0.15) is 0 Å². The van der Waals surface area contributed by atoms with Gasteiger partial charge in [-0.25, -0.2) is 0 Å². The van der Waals surface area contributed by atoms with Gasteiger partial charge in [0.2, 0.25) is 0 Å². The zero-order chi connectivity index (χ0) is 9.56. The molecule has 0 N–H and O–H groups in total. The van der Waals surface area contributed by atoms with Crippen LogP contribution in [0.5, 0.6) is 0 Å². The normalized spacial score (nSPS) is 18.8. The molecule has 0 heteroatoms. The molecular weight excluding hydrogens is 144 g/mol. The summed E-state index contributed by atoms with van der Waals surface area (Å²) in [5.74, 6) is 2.60. The first-order valence-corrected chi connectivity index (χ1v) is 5.42. The van der Waals surface area contributed by atoms with E-state index in [0.29, 0.717) is 0 Å². The summed E-state index contributed by atoms with van der Waals surface area (Å²) in [6.45, 7) is 13.3. The zero-order valence-corrected chi connectivity index (χ0v) is 9.27. The molecule has 0 aliphatic rings. The molecule has 12 heavy (non-hydrogen) atoms. The highest BCUT2D eigenvalue weighted by molar-refractivity contribution is 4.68. The standard InChI is InChI=1S/C12H25/c1-6-8-10(3)12(5)11(4)9-7-2/h10-12H,1,6-9H2,2-5H3. The van der Waals surface area contributed by atoms with Gasteiger partial charge in [-0.15, -0.1) is 0 Å². The highest BCUT2D eigenvalue weighted by atomic mass is 14.2. The van der Waals surface area contributed by atoms with E-state index >= 15 is 0 Å². The highest BCUT2D eigenvalue weighted by Crippen LogP contribution is 2.26. The van der Waals surface area contributed by atoms with Crippen LogP contribution in [0.4, 0.5) is 0 Å². The zero-order valence-electron chi connectivity index (χ0n) is 9.27. The van der Waals surface area contributed by atoms with Crippen molar-refractivity contribution >= 4 is 0 Å². The van der Waals surface area contributed by atoms with Crippen LogP contribution in [0.15, 0.2) is 0 Å². The largest absolute Gasteiger partial charge is 0.0654 e. The smallest absolute Gasteiger partial charge is 0.0391 e. The molecule has 0 aliphatic carbocycles. The van der Waals surface area contributed by atoms with Crippen LogP contribution in [0.2, 0.25) is 0 Å². The molecule has 0 aromatic carbocycles. The lowest BCUT2D eigenvalue weighted by molar-refractivity contribution is 0.254. The first kappa shape index (κ1) is 12.0. The summed E-state index contributed by atoms with van der Waals surface area (Å²) >= 11 is 0. The Labute approximate surface area is 78.8 Å². The molecule has 3 unspecified atom stereocenters. The number of rotatable bonds is 6. The first-order chi connectivity index (χ1) is 5.63. The molecule has 0 bridgehead atoms. The fourth-order valence-corrected chi connectivity index (χ4v) is 1.86. The van der Waals surface area contributed by atoms with Gasteiger partial charge in [0.05, 0.1) is 0 Å². The second kappa shape index (κ2) is 6.51. The Morgan fingerprint density at radius 3 is 1.92 bits per heavy atom. The fourth-order valence-electron chi connectivity index (χ4n) is 1.86. The van der Waals surface area contributed by atoms with Crippen molar-refractivity contribution in [2.24, 2.45) is 17.8 Å². The van der Waals surface area contributed by atoms with E-state index < -0.39 is 0 Å². The number of hydrogen-bond donors (Lipinski definition) is 0. The van der Waals surface area contributed by atoms with Gasteiger partial charge >= 0.3 is 0 Å². The average molecular weight is 169 g/mol. The molecule has 73 valence electrons. The minimum Gasteiger partial charge on any atom is -0.0654 e. The van der Waals surface area contributed by atoms with Gasteiger partial charge in [-0.05, 0) is 17.8 Å². The number of hydrogen-bond acceptors (Lipinski definition) is 0. The van der Waals surface area contributed by atoms with Crippen molar-refractivity contribution in [2.45, 2.75) is 53.4 Å². The van der Waals surface area contributed by atoms with Crippen molar-refractivity contribution in [2.75, 3.05) is 0 Å². The van der Waals surface area contributed by atoms with Crippen LogP contribution in [-0.2, 0) is 0 Å². The Hall–Kier alpha value is 0. The van der Waals surface area contributed by atoms with E-state index in [2.05, 4.69) is 34.6 Å². The fraction of sp³-hybridized carbons (Fsp3) is 0.917. The third kappa shape index (κ3) is 4.13. The second-order valence-electron chi connectivity index (χ2n) is 4.24. The van der Waals surface area contributed by atoms with Crippen LogP contribution in [-0.4, -0.2) is 0 Å². The van der Waals surface area contributed by atoms with E-state index in [9.17, 15) is 0 Å². The first-order valence-electron chi connectivity index (χ1n) is 5.42. The van der Waals surface area contributed by atoms with Crippen molar-refractivity contribution in [3.8, 4) is 0 Å². The molecule has 0 heterocycles. The molecule has 1 radical (unpaired) electrons. The van der Waals surface area contributed by atoms with Crippen molar-refractivity contribution in [3.05, 3.63) is 6.92 Å². The maximum absolute atomic E-state index is 3.91. The summed E-state index contributed by atoms with van der Waals surface area (Å²) in [6, 6.07) is 0. The molecule has 0 rings (SSSR count). The predicted molar refractivity (Wildman–Crippen MR) is 57.0 cm³/mol. The van der Waals surface area contributed by atoms with E-state index in [1.165, 1.54) is 19.3 Å². The highest BCUT2D eigenvalue weighted by Gasteiger charge is 2.17. The molecule has 0 saturated carbocycles. The Bertz CT molecular complexity index is 84.2. The van der Waals surface area contributed by atoms with Crippen molar-refractivity contribution in [1.82, 2.24) is 0 Å². The van der Waals surface area contributed by atoms with Crippen LogP contribution >= 0.6 is 0 Å². The molecule has 0 spiro atoms. The molecule has 3 atom stereocenters. The minimum atomic E-state index is 0.851. The molecule has 0 saturated heterocycles. The summed E-state index contributed by atoms with van der Waals surface area (Å²) in [6.07, 6.45) is 5.07. The molecule has 0 aliphatic heterocycles. The molecule has 0 aromatic heterocycles. The van der Waals surface area contributed by atoms with Crippen LogP contribution in [0.3, 0.4) is 0 Å². The SMILES string of the molecule is [CH2]CCC(C)C(C)C(C)CCC. The summed E-state index contributed by atoms with van der Waals surface area (Å²) in [5, 5.41) is 0. The molecule has 0 aromatic rings. The summed E-state index contributed by atoms with van der Waals surface area (Å²) in [5.41, 5.74) is 0. The van der Waals surface area contributed by atoms with Crippen molar-refractivity contribution < 1.29 is 0 Å². The summed E-state index contributed by atoms with van der Waals surface area (Å²) in [7, 11) is 0. The second-order valence-corrected chi connectivity index (χ2v) is 4.24. The maximum atomic E-state index is 3.91. The summed E-state index contributed by atoms with van der Waals surface area (Å²) in [4.78, 5) is 0. The van der Waals surface area contributed by atoms with Gasteiger partial charge in [0.15, 0.2) is 0 Å². The van der Waals surface area contributed by atoms with Gasteiger partial charge in [-0.1, -0.05) is 60.3 Å². The Balaban J connectivity index is 3.73. The van der Waals surface area contributed by atoms with Gasteiger partial charge < -0.3 is 0 Å². The molecule has 0 fully saturated rings. The monoisotopic (exact) mass is 169 g/mol. The molecule has 0 nitrogen and oxygen atoms in total. The third-order valence-electron chi connectivity index (χ3n) is 3.20. The molecular formula is C12H25. The van der Waals surface area contributed by atoms with Crippen LogP contribution in [0, 0.1) is 24.7 Å². The van der Waals surface area contributed by atoms with E-state index in [1.807, 2.05) is 0 Å². The van der Waals surface area contributed by atoms with E-state index in [1.54, 1.807) is 0 Å². The topological polar surface area (TPSA) is 0 Å². The lowest BCUT2D eigenvalue weighted by Crippen LogP contribution is -2.16. The Morgan fingerprint density at radius 2 is 1.50 bits per heavy atom. The third-order valence-corrected chi connectivity index (χ3v) is 3.20. The Kier molecular flexibility index (Phi) is 6.51. The quantitative estimate of drug-likeness (QED) is 0.556. The van der Waals surface area contributed by atoms with Gasteiger partial charge in [-0.3, -0.25) is 0 Å². The lowest BCUT2D eigenvalue weighted by Gasteiger charge is -2.25. The van der Waals surface area contributed by atoms with Gasteiger partial charge in [0, 0.05) is 0 Å². The van der Waals surface area contributed by atoms with Crippen LogP contribution in [0.1, 0.15) is 53.4 Å². The van der Waals surface area contributed by atoms with Crippen LogP contribution in [0.25, 0.3) is 0 Å². The minimum absolute atomic E-state index is 0.851. The summed E-state index contributed by atoms with van der Waals surface area (Å²) < 4.78 is 0. The van der Waals surface area contributed by atoms with Crippen molar-refractivity contribution in [3.63, 3.8) is 0 Å². The lowest BCUT2D eigenvalue weighted by atomic mass is 9.81. The van der Waals surface area contributed by atoms with Gasteiger partial charge in [0.25, 0.3) is 0 Å². The predicted octanol–water partition coefficient (Wildman–Crippen LogP) is 4.31. The average Bonchev–Trinajstić information content (AvgIpc) is 2.04. The van der Waals surface area contributed by atoms with E-state index in [-0.39, 0.29) is 0 Å². The Morgan fingerprint density at radius 1 is 1.00 bits per heavy atom.